The summed E-state index contributed by atoms with van der Waals surface area (Å²) in [4.78, 5) is 6.30. The highest BCUT2D eigenvalue weighted by Gasteiger charge is 2.03. The van der Waals surface area contributed by atoms with Crippen molar-refractivity contribution < 1.29 is 0 Å². The van der Waals surface area contributed by atoms with Crippen LogP contribution in [0.2, 0.25) is 0 Å². The SMILES string of the molecule is c1ccc2c(N=Nc3[nH]cc4ccccc34)[nH]cc2c1. The van der Waals surface area contributed by atoms with Gasteiger partial charge in [-0.15, -0.1) is 10.2 Å². The number of benzene rings is 2. The fourth-order valence-corrected chi connectivity index (χ4v) is 2.39. The van der Waals surface area contributed by atoms with Crippen LogP contribution in [0.1, 0.15) is 0 Å². The molecule has 0 saturated carbocycles. The number of H-pyrrole nitrogens is 2. The molecule has 2 N–H and O–H groups in total. The molecular formula is C16H12N4. The molecule has 0 unspecified atom stereocenters. The highest BCUT2D eigenvalue weighted by Crippen LogP contribution is 2.29. The number of aromatic nitrogens is 2. The second-order valence-electron chi connectivity index (χ2n) is 4.65. The van der Waals surface area contributed by atoms with E-state index < -0.39 is 0 Å². The van der Waals surface area contributed by atoms with Gasteiger partial charge in [0.2, 0.25) is 0 Å². The Morgan fingerprint density at radius 3 is 1.55 bits per heavy atom. The number of fused-ring (bicyclic) bond motifs is 2. The van der Waals surface area contributed by atoms with Crippen LogP contribution in [-0.2, 0) is 0 Å². The Hall–Kier alpha value is -2.88. The molecule has 0 bridgehead atoms. The van der Waals surface area contributed by atoms with E-state index in [1.54, 1.807) is 0 Å². The van der Waals surface area contributed by atoms with Gasteiger partial charge >= 0.3 is 0 Å². The van der Waals surface area contributed by atoms with E-state index in [2.05, 4.69) is 32.3 Å². The lowest BCUT2D eigenvalue weighted by Gasteiger charge is -1.91. The van der Waals surface area contributed by atoms with Gasteiger partial charge in [-0.2, -0.15) is 0 Å². The van der Waals surface area contributed by atoms with Crippen molar-refractivity contribution in [2.24, 2.45) is 10.2 Å². The first-order valence-corrected chi connectivity index (χ1v) is 6.46. The summed E-state index contributed by atoms with van der Waals surface area (Å²) in [5, 5.41) is 13.1. The van der Waals surface area contributed by atoms with Crippen LogP contribution < -0.4 is 0 Å². The summed E-state index contributed by atoms with van der Waals surface area (Å²) in [6.45, 7) is 0. The molecule has 4 nitrogen and oxygen atoms in total. The summed E-state index contributed by atoms with van der Waals surface area (Å²) in [6, 6.07) is 16.2. The predicted octanol–water partition coefficient (Wildman–Crippen LogP) is 5.06. The van der Waals surface area contributed by atoms with Crippen LogP contribution in [0.3, 0.4) is 0 Å². The fraction of sp³-hybridized carbons (Fsp3) is 0. The van der Waals surface area contributed by atoms with Gasteiger partial charge in [0.25, 0.3) is 0 Å². The Labute approximate surface area is 115 Å². The molecule has 0 amide bonds. The Morgan fingerprint density at radius 1 is 0.600 bits per heavy atom. The molecule has 0 radical (unpaired) electrons. The van der Waals surface area contributed by atoms with Crippen molar-refractivity contribution in [1.29, 1.82) is 0 Å². The Balaban J connectivity index is 1.78. The molecule has 0 aliphatic heterocycles. The zero-order chi connectivity index (χ0) is 13.4. The van der Waals surface area contributed by atoms with Gasteiger partial charge in [0.15, 0.2) is 11.6 Å². The van der Waals surface area contributed by atoms with E-state index in [-0.39, 0.29) is 0 Å². The summed E-state index contributed by atoms with van der Waals surface area (Å²) < 4.78 is 0. The van der Waals surface area contributed by atoms with E-state index in [0.717, 1.165) is 33.2 Å². The summed E-state index contributed by atoms with van der Waals surface area (Å²) in [5.41, 5.74) is 0. The van der Waals surface area contributed by atoms with Crippen molar-refractivity contribution in [3.05, 3.63) is 60.9 Å². The summed E-state index contributed by atoms with van der Waals surface area (Å²) in [7, 11) is 0. The lowest BCUT2D eigenvalue weighted by molar-refractivity contribution is 1.16. The van der Waals surface area contributed by atoms with Gasteiger partial charge in [0.05, 0.1) is 0 Å². The zero-order valence-corrected chi connectivity index (χ0v) is 10.7. The van der Waals surface area contributed by atoms with Crippen LogP contribution in [0.15, 0.2) is 71.2 Å². The van der Waals surface area contributed by atoms with Gasteiger partial charge in [0.1, 0.15) is 0 Å². The minimum atomic E-state index is 0.777. The standard InChI is InChI=1S/C16H12N4/c1-3-7-13-11(5-1)9-17-15(13)19-20-16-14-8-4-2-6-12(14)10-18-16/h1-10,17-18H. The van der Waals surface area contributed by atoms with E-state index in [1.165, 1.54) is 0 Å². The van der Waals surface area contributed by atoms with Crippen LogP contribution >= 0.6 is 0 Å². The number of nitrogens with zero attached hydrogens (tertiary/aromatic N) is 2. The van der Waals surface area contributed by atoms with Crippen molar-refractivity contribution in [3.63, 3.8) is 0 Å². The van der Waals surface area contributed by atoms with Crippen molar-refractivity contribution in [3.8, 4) is 0 Å². The maximum absolute atomic E-state index is 4.33. The smallest absolute Gasteiger partial charge is 0.160 e. The van der Waals surface area contributed by atoms with Crippen molar-refractivity contribution in [2.75, 3.05) is 0 Å². The number of nitrogens with one attached hydrogen (secondary N) is 2. The Morgan fingerprint density at radius 2 is 1.05 bits per heavy atom. The Kier molecular flexibility index (Phi) is 2.39. The van der Waals surface area contributed by atoms with Crippen LogP contribution in [0.5, 0.6) is 0 Å². The van der Waals surface area contributed by atoms with Gasteiger partial charge < -0.3 is 9.97 Å². The molecule has 0 saturated heterocycles. The molecule has 2 aromatic heterocycles. The van der Waals surface area contributed by atoms with Crippen molar-refractivity contribution >= 4 is 33.2 Å². The van der Waals surface area contributed by atoms with Crippen molar-refractivity contribution in [2.45, 2.75) is 0 Å². The van der Waals surface area contributed by atoms with Gasteiger partial charge in [-0.05, 0) is 0 Å². The molecule has 0 aliphatic carbocycles. The highest BCUT2D eigenvalue weighted by atomic mass is 15.2. The first kappa shape index (κ1) is 11.0. The average molecular weight is 260 g/mol. The maximum atomic E-state index is 4.33. The van der Waals surface area contributed by atoms with Gasteiger partial charge in [-0.3, -0.25) is 0 Å². The van der Waals surface area contributed by atoms with E-state index in [0.29, 0.717) is 0 Å². The largest absolute Gasteiger partial charge is 0.344 e. The lowest BCUT2D eigenvalue weighted by atomic mass is 10.2. The molecule has 4 rings (SSSR count). The molecule has 4 heteroatoms. The third-order valence-electron chi connectivity index (χ3n) is 3.41. The van der Waals surface area contributed by atoms with E-state index in [9.17, 15) is 0 Å². The molecule has 2 aromatic carbocycles. The Bertz CT molecular complexity index is 838. The third-order valence-corrected chi connectivity index (χ3v) is 3.41. The zero-order valence-electron chi connectivity index (χ0n) is 10.7. The minimum Gasteiger partial charge on any atom is -0.344 e. The highest BCUT2D eigenvalue weighted by molar-refractivity contribution is 5.92. The molecule has 20 heavy (non-hydrogen) atoms. The topological polar surface area (TPSA) is 56.3 Å². The predicted molar refractivity (Wildman–Crippen MR) is 80.8 cm³/mol. The summed E-state index contributed by atoms with van der Waals surface area (Å²) in [6.07, 6.45) is 3.88. The minimum absolute atomic E-state index is 0.777. The molecule has 2 heterocycles. The number of hydrogen-bond acceptors (Lipinski definition) is 2. The van der Waals surface area contributed by atoms with Gasteiger partial charge in [0, 0.05) is 33.9 Å². The second-order valence-corrected chi connectivity index (χ2v) is 4.65. The first-order chi connectivity index (χ1) is 9.92. The molecule has 0 aliphatic rings. The second kappa shape index (κ2) is 4.35. The first-order valence-electron chi connectivity index (χ1n) is 6.46. The number of aromatic amines is 2. The van der Waals surface area contributed by atoms with Crippen LogP contribution in [-0.4, -0.2) is 9.97 Å². The fourth-order valence-electron chi connectivity index (χ4n) is 2.39. The lowest BCUT2D eigenvalue weighted by Crippen LogP contribution is -1.66. The van der Waals surface area contributed by atoms with Crippen LogP contribution in [0.4, 0.5) is 11.6 Å². The van der Waals surface area contributed by atoms with E-state index in [1.807, 2.05) is 48.8 Å². The van der Waals surface area contributed by atoms with Gasteiger partial charge in [-0.25, -0.2) is 0 Å². The van der Waals surface area contributed by atoms with Gasteiger partial charge in [-0.1, -0.05) is 48.5 Å². The number of hydrogen-bond donors (Lipinski definition) is 2. The average Bonchev–Trinajstić information content (AvgIpc) is 3.09. The molecule has 0 spiro atoms. The molecular weight excluding hydrogens is 248 g/mol. The summed E-state index contributed by atoms with van der Waals surface area (Å²) in [5.74, 6) is 1.55. The van der Waals surface area contributed by atoms with Crippen LogP contribution in [0, 0.1) is 0 Å². The normalized spacial score (nSPS) is 11.8. The van der Waals surface area contributed by atoms with Crippen molar-refractivity contribution in [1.82, 2.24) is 9.97 Å². The molecule has 4 aromatic rings. The third kappa shape index (κ3) is 1.70. The van der Waals surface area contributed by atoms with E-state index in [4.69, 9.17) is 0 Å². The maximum Gasteiger partial charge on any atom is 0.160 e. The summed E-state index contributed by atoms with van der Waals surface area (Å²) >= 11 is 0. The quantitative estimate of drug-likeness (QED) is 0.473. The molecule has 96 valence electrons. The van der Waals surface area contributed by atoms with Crippen LogP contribution in [0.25, 0.3) is 21.5 Å². The monoisotopic (exact) mass is 260 g/mol. The number of azo groups is 1. The van der Waals surface area contributed by atoms with E-state index >= 15 is 0 Å². The number of rotatable bonds is 2. The molecule has 0 fully saturated rings. The molecule has 0 atom stereocenters.